The van der Waals surface area contributed by atoms with Gasteiger partial charge in [-0.3, -0.25) is 0 Å². The highest BCUT2D eigenvalue weighted by molar-refractivity contribution is 7.89. The normalized spacial score (nSPS) is 21.2. The van der Waals surface area contributed by atoms with Crippen LogP contribution in [0.3, 0.4) is 0 Å². The fraction of sp³-hybridized carbons (Fsp3) is 0.500. The van der Waals surface area contributed by atoms with E-state index in [1.165, 1.54) is 16.4 Å². The summed E-state index contributed by atoms with van der Waals surface area (Å²) in [4.78, 5) is -0.476. The summed E-state index contributed by atoms with van der Waals surface area (Å²) in [5.74, 6) is -0.712. The first-order valence-electron chi connectivity index (χ1n) is 6.29. The van der Waals surface area contributed by atoms with Crippen LogP contribution in [0.15, 0.2) is 29.2 Å². The van der Waals surface area contributed by atoms with Gasteiger partial charge in [-0.2, -0.15) is 4.31 Å². The highest BCUT2D eigenvalue weighted by Crippen LogP contribution is 2.32. The molecule has 1 aliphatic rings. The van der Waals surface area contributed by atoms with Crippen LogP contribution in [0.1, 0.15) is 6.92 Å². The average Bonchev–Trinajstić information content (AvgIpc) is 2.37. The van der Waals surface area contributed by atoms with Gasteiger partial charge in [-0.25, -0.2) is 8.42 Å². The lowest BCUT2D eigenvalue weighted by Gasteiger charge is -2.33. The molecule has 0 bridgehead atoms. The molecule has 1 aromatic rings. The lowest BCUT2D eigenvalue weighted by molar-refractivity contribution is -0.275. The second-order valence-electron chi connectivity index (χ2n) is 4.66. The molecule has 9 heteroatoms. The zero-order chi connectivity index (χ0) is 15.7. The molecule has 1 heterocycles. The molecule has 0 amide bonds. The molecular weight excluding hydrogens is 309 g/mol. The minimum absolute atomic E-state index is 0.198. The minimum Gasteiger partial charge on any atom is -0.404 e. The fourth-order valence-corrected chi connectivity index (χ4v) is 3.93. The predicted molar refractivity (Wildman–Crippen MR) is 69.3 cm³/mol. The molecule has 5 nitrogen and oxygen atoms in total. The van der Waals surface area contributed by atoms with E-state index >= 15 is 0 Å². The van der Waals surface area contributed by atoms with Crippen LogP contribution in [0.4, 0.5) is 13.2 Å². The number of alkyl halides is 3. The van der Waals surface area contributed by atoms with E-state index in [-0.39, 0.29) is 12.6 Å². The molecule has 2 rings (SSSR count). The van der Waals surface area contributed by atoms with Crippen molar-refractivity contribution in [1.82, 2.24) is 9.62 Å². The SMILES string of the molecule is C[C@H]1CNCCN1S(=O)(=O)c1ccccc1OC(F)(F)F. The quantitative estimate of drug-likeness (QED) is 0.917. The van der Waals surface area contributed by atoms with Crippen molar-refractivity contribution in [3.05, 3.63) is 24.3 Å². The van der Waals surface area contributed by atoms with E-state index in [2.05, 4.69) is 10.1 Å². The lowest BCUT2D eigenvalue weighted by atomic mass is 10.3. The van der Waals surface area contributed by atoms with Gasteiger partial charge in [0.05, 0.1) is 0 Å². The molecule has 0 radical (unpaired) electrons. The minimum atomic E-state index is -4.94. The van der Waals surface area contributed by atoms with Crippen molar-refractivity contribution in [2.75, 3.05) is 19.6 Å². The van der Waals surface area contributed by atoms with Crippen LogP contribution in [0, 0.1) is 0 Å². The average molecular weight is 324 g/mol. The van der Waals surface area contributed by atoms with Crippen molar-refractivity contribution >= 4 is 10.0 Å². The molecule has 0 unspecified atom stereocenters. The van der Waals surface area contributed by atoms with E-state index in [9.17, 15) is 21.6 Å². The monoisotopic (exact) mass is 324 g/mol. The number of nitrogens with zero attached hydrogens (tertiary/aromatic N) is 1. The molecule has 1 atom stereocenters. The zero-order valence-electron chi connectivity index (χ0n) is 11.2. The summed E-state index contributed by atoms with van der Waals surface area (Å²) in [7, 11) is -4.05. The maximum atomic E-state index is 12.6. The third-order valence-electron chi connectivity index (χ3n) is 3.10. The van der Waals surface area contributed by atoms with E-state index in [1.54, 1.807) is 6.92 Å². The number of piperazine rings is 1. The van der Waals surface area contributed by atoms with Gasteiger partial charge in [-0.15, -0.1) is 13.2 Å². The van der Waals surface area contributed by atoms with Gasteiger partial charge in [-0.1, -0.05) is 12.1 Å². The topological polar surface area (TPSA) is 58.6 Å². The van der Waals surface area contributed by atoms with Crippen molar-refractivity contribution in [2.24, 2.45) is 0 Å². The second kappa shape index (κ2) is 5.82. The van der Waals surface area contributed by atoms with Crippen molar-refractivity contribution < 1.29 is 26.3 Å². The zero-order valence-corrected chi connectivity index (χ0v) is 12.0. The summed E-state index contributed by atoms with van der Waals surface area (Å²) in [5.41, 5.74) is 0. The maximum absolute atomic E-state index is 12.6. The Kier molecular flexibility index (Phi) is 4.45. The number of para-hydroxylation sites is 1. The third kappa shape index (κ3) is 3.66. The molecule has 0 saturated carbocycles. The molecular formula is C12H15F3N2O3S. The predicted octanol–water partition coefficient (Wildman–Crippen LogP) is 1.57. The van der Waals surface area contributed by atoms with Crippen molar-refractivity contribution in [1.29, 1.82) is 0 Å². The number of hydrogen-bond donors (Lipinski definition) is 1. The molecule has 118 valence electrons. The first kappa shape index (κ1) is 16.1. The van der Waals surface area contributed by atoms with E-state index in [0.29, 0.717) is 13.1 Å². The van der Waals surface area contributed by atoms with Crippen LogP contribution in [0.2, 0.25) is 0 Å². The Morgan fingerprint density at radius 2 is 2.00 bits per heavy atom. The largest absolute Gasteiger partial charge is 0.573 e. The van der Waals surface area contributed by atoms with Crippen LogP contribution < -0.4 is 10.1 Å². The Labute approximate surface area is 120 Å². The fourth-order valence-electron chi connectivity index (χ4n) is 2.18. The van der Waals surface area contributed by atoms with Crippen LogP contribution in [-0.4, -0.2) is 44.8 Å². The van der Waals surface area contributed by atoms with E-state index in [0.717, 1.165) is 12.1 Å². The Bertz CT molecular complexity index is 604. The Morgan fingerprint density at radius 1 is 1.33 bits per heavy atom. The van der Waals surface area contributed by atoms with Gasteiger partial charge < -0.3 is 10.1 Å². The number of benzene rings is 1. The number of halogens is 3. The summed E-state index contributed by atoms with van der Waals surface area (Å²) in [6.07, 6.45) is -4.94. The second-order valence-corrected chi connectivity index (χ2v) is 6.52. The molecule has 0 aromatic heterocycles. The van der Waals surface area contributed by atoms with Gasteiger partial charge in [0.25, 0.3) is 0 Å². The van der Waals surface area contributed by atoms with Gasteiger partial charge in [0.15, 0.2) is 0 Å². The molecule has 1 saturated heterocycles. The Hall–Kier alpha value is -1.32. The van der Waals surface area contributed by atoms with E-state index in [4.69, 9.17) is 0 Å². The number of ether oxygens (including phenoxy) is 1. The number of hydrogen-bond acceptors (Lipinski definition) is 4. The Balaban J connectivity index is 2.40. The van der Waals surface area contributed by atoms with Gasteiger partial charge >= 0.3 is 6.36 Å². The number of sulfonamides is 1. The molecule has 0 aliphatic carbocycles. The van der Waals surface area contributed by atoms with Crippen LogP contribution in [0.25, 0.3) is 0 Å². The van der Waals surface area contributed by atoms with Gasteiger partial charge in [0.1, 0.15) is 10.6 Å². The first-order chi connectivity index (χ1) is 9.72. The number of nitrogens with one attached hydrogen (secondary N) is 1. The highest BCUT2D eigenvalue weighted by Gasteiger charge is 2.37. The lowest BCUT2D eigenvalue weighted by Crippen LogP contribution is -2.52. The first-order valence-corrected chi connectivity index (χ1v) is 7.73. The van der Waals surface area contributed by atoms with Gasteiger partial charge in [0.2, 0.25) is 10.0 Å². The molecule has 1 aromatic carbocycles. The third-order valence-corrected chi connectivity index (χ3v) is 5.15. The maximum Gasteiger partial charge on any atom is 0.573 e. The standard InChI is InChI=1S/C12H15F3N2O3S/c1-9-8-16-6-7-17(9)21(18,19)11-5-3-2-4-10(11)20-12(13,14)15/h2-5,9,16H,6-8H2,1H3/t9-/m0/s1. The molecule has 1 aliphatic heterocycles. The molecule has 1 N–H and O–H groups in total. The van der Waals surface area contributed by atoms with Crippen molar-refractivity contribution in [3.63, 3.8) is 0 Å². The summed E-state index contributed by atoms with van der Waals surface area (Å²) in [6, 6.07) is 4.42. The van der Waals surface area contributed by atoms with Crippen molar-refractivity contribution in [2.45, 2.75) is 24.2 Å². The van der Waals surface area contributed by atoms with E-state index in [1.807, 2.05) is 0 Å². The van der Waals surface area contributed by atoms with Gasteiger partial charge in [-0.05, 0) is 19.1 Å². The van der Waals surface area contributed by atoms with Crippen LogP contribution in [-0.2, 0) is 10.0 Å². The summed E-state index contributed by atoms with van der Waals surface area (Å²) in [6.45, 7) is 2.79. The smallest absolute Gasteiger partial charge is 0.404 e. The highest BCUT2D eigenvalue weighted by atomic mass is 32.2. The van der Waals surface area contributed by atoms with Gasteiger partial charge in [0, 0.05) is 25.7 Å². The van der Waals surface area contributed by atoms with Crippen molar-refractivity contribution in [3.8, 4) is 5.75 Å². The summed E-state index contributed by atoms with van der Waals surface area (Å²) >= 11 is 0. The molecule has 0 spiro atoms. The Morgan fingerprint density at radius 3 is 2.62 bits per heavy atom. The molecule has 1 fully saturated rings. The van der Waals surface area contributed by atoms with Crippen LogP contribution >= 0.6 is 0 Å². The molecule has 21 heavy (non-hydrogen) atoms. The van der Waals surface area contributed by atoms with Crippen LogP contribution in [0.5, 0.6) is 5.75 Å². The summed E-state index contributed by atoms with van der Waals surface area (Å²) < 4.78 is 67.3. The number of rotatable bonds is 3. The summed E-state index contributed by atoms with van der Waals surface area (Å²) in [5, 5.41) is 3.02. The van der Waals surface area contributed by atoms with E-state index < -0.39 is 27.0 Å².